The van der Waals surface area contributed by atoms with E-state index in [-0.39, 0.29) is 17.3 Å². The summed E-state index contributed by atoms with van der Waals surface area (Å²) >= 11 is 5.99. The molecule has 0 aliphatic carbocycles. The molecular weight excluding hydrogens is 492 g/mol. The van der Waals surface area contributed by atoms with Crippen molar-refractivity contribution in [3.8, 4) is 0 Å². The number of anilines is 1. The Bertz CT molecular complexity index is 1370. The average molecular weight is 519 g/mol. The van der Waals surface area contributed by atoms with Gasteiger partial charge in [-0.2, -0.15) is 0 Å². The first kappa shape index (κ1) is 25.5. The molecule has 0 radical (unpaired) electrons. The molecule has 5 nitrogen and oxygen atoms in total. The Hall–Kier alpha value is -3.61. The van der Waals surface area contributed by atoms with Gasteiger partial charge in [-0.15, -0.1) is 0 Å². The van der Waals surface area contributed by atoms with Gasteiger partial charge >= 0.3 is 0 Å². The van der Waals surface area contributed by atoms with Gasteiger partial charge in [-0.3, -0.25) is 9.10 Å². The van der Waals surface area contributed by atoms with Crippen LogP contribution in [0.15, 0.2) is 114 Å². The van der Waals surface area contributed by atoms with E-state index in [4.69, 9.17) is 11.6 Å². The molecule has 4 aromatic rings. The number of hydrogen-bond donors (Lipinski definition) is 0. The van der Waals surface area contributed by atoms with Crippen LogP contribution in [0.2, 0.25) is 5.02 Å². The van der Waals surface area contributed by atoms with Crippen molar-refractivity contribution in [3.05, 3.63) is 131 Å². The summed E-state index contributed by atoms with van der Waals surface area (Å²) in [7, 11) is -4.03. The lowest BCUT2D eigenvalue weighted by molar-refractivity contribution is -0.130. The lowest BCUT2D eigenvalue weighted by Crippen LogP contribution is -2.42. The van der Waals surface area contributed by atoms with Gasteiger partial charge in [0.15, 0.2) is 0 Å². The summed E-state index contributed by atoms with van der Waals surface area (Å²) in [5.74, 6) is -0.304. The number of sulfonamides is 1. The van der Waals surface area contributed by atoms with Crippen LogP contribution in [0, 0.1) is 6.92 Å². The molecule has 4 aromatic carbocycles. The molecule has 0 N–H and O–H groups in total. The summed E-state index contributed by atoms with van der Waals surface area (Å²) in [6.07, 6.45) is 0. The zero-order chi connectivity index (χ0) is 25.5. The van der Waals surface area contributed by atoms with Crippen molar-refractivity contribution in [2.45, 2.75) is 24.9 Å². The molecule has 0 atom stereocenters. The van der Waals surface area contributed by atoms with Crippen LogP contribution in [-0.2, 0) is 27.9 Å². The second-order valence-electron chi connectivity index (χ2n) is 8.53. The third-order valence-corrected chi connectivity index (χ3v) is 7.80. The quantitative estimate of drug-likeness (QED) is 0.270. The van der Waals surface area contributed by atoms with E-state index in [9.17, 15) is 13.2 Å². The predicted octanol–water partition coefficient (Wildman–Crippen LogP) is 6.07. The Morgan fingerprint density at radius 3 is 1.83 bits per heavy atom. The van der Waals surface area contributed by atoms with Crippen LogP contribution < -0.4 is 4.31 Å². The van der Waals surface area contributed by atoms with Crippen LogP contribution in [-0.4, -0.2) is 25.8 Å². The predicted molar refractivity (Wildman–Crippen MR) is 144 cm³/mol. The summed E-state index contributed by atoms with van der Waals surface area (Å²) in [6, 6.07) is 32.4. The van der Waals surface area contributed by atoms with Gasteiger partial charge in [0.2, 0.25) is 5.91 Å². The van der Waals surface area contributed by atoms with Crippen molar-refractivity contribution >= 4 is 33.2 Å². The molecule has 0 aliphatic heterocycles. The second kappa shape index (κ2) is 11.4. The number of carbonyl (C=O) groups is 1. The zero-order valence-electron chi connectivity index (χ0n) is 19.9. The first-order chi connectivity index (χ1) is 17.3. The highest BCUT2D eigenvalue weighted by atomic mass is 35.5. The third kappa shape index (κ3) is 6.33. The average Bonchev–Trinajstić information content (AvgIpc) is 2.88. The maximum Gasteiger partial charge on any atom is 0.264 e. The number of hydrogen-bond acceptors (Lipinski definition) is 3. The molecule has 0 saturated carbocycles. The van der Waals surface area contributed by atoms with Crippen molar-refractivity contribution in [1.29, 1.82) is 0 Å². The van der Waals surface area contributed by atoms with Crippen molar-refractivity contribution in [3.63, 3.8) is 0 Å². The topological polar surface area (TPSA) is 57.7 Å². The number of aryl methyl sites for hydroxylation is 1. The number of amides is 1. The summed E-state index contributed by atoms with van der Waals surface area (Å²) in [6.45, 7) is 2.26. The number of benzene rings is 4. The SMILES string of the molecule is Cc1cccc(N(CC(=O)N(Cc2ccccc2)Cc2ccccc2)S(=O)(=O)c2ccc(Cl)cc2)c1. The summed E-state index contributed by atoms with van der Waals surface area (Å²) in [5.41, 5.74) is 3.24. The van der Waals surface area contributed by atoms with Crippen molar-refractivity contribution in [2.24, 2.45) is 0 Å². The van der Waals surface area contributed by atoms with Gasteiger partial charge in [-0.25, -0.2) is 8.42 Å². The van der Waals surface area contributed by atoms with Gasteiger partial charge in [-0.1, -0.05) is 84.4 Å². The molecule has 0 bridgehead atoms. The molecule has 0 aromatic heterocycles. The maximum atomic E-state index is 13.8. The first-order valence-electron chi connectivity index (χ1n) is 11.5. The molecule has 0 heterocycles. The van der Waals surface area contributed by atoms with Gasteiger partial charge in [0.05, 0.1) is 10.6 Å². The normalized spacial score (nSPS) is 11.2. The van der Waals surface area contributed by atoms with Gasteiger partial charge in [0, 0.05) is 18.1 Å². The molecule has 0 fully saturated rings. The number of halogens is 1. The molecule has 0 saturated heterocycles. The lowest BCUT2D eigenvalue weighted by atomic mass is 10.1. The second-order valence-corrected chi connectivity index (χ2v) is 10.8. The highest BCUT2D eigenvalue weighted by Crippen LogP contribution is 2.26. The summed E-state index contributed by atoms with van der Waals surface area (Å²) in [4.78, 5) is 15.5. The van der Waals surface area contributed by atoms with E-state index in [1.807, 2.05) is 73.7 Å². The summed E-state index contributed by atoms with van der Waals surface area (Å²) < 4.78 is 28.7. The van der Waals surface area contributed by atoms with Crippen LogP contribution in [0.1, 0.15) is 16.7 Å². The molecule has 0 aliphatic rings. The number of rotatable bonds is 9. The van der Waals surface area contributed by atoms with Crippen LogP contribution in [0.25, 0.3) is 0 Å². The Morgan fingerprint density at radius 2 is 1.31 bits per heavy atom. The third-order valence-electron chi connectivity index (χ3n) is 5.76. The Labute approximate surface area is 217 Å². The minimum Gasteiger partial charge on any atom is -0.332 e. The van der Waals surface area contributed by atoms with E-state index in [1.165, 1.54) is 28.6 Å². The van der Waals surface area contributed by atoms with E-state index in [2.05, 4.69) is 0 Å². The van der Waals surface area contributed by atoms with Gasteiger partial charge in [-0.05, 0) is 60.0 Å². The van der Waals surface area contributed by atoms with Gasteiger partial charge < -0.3 is 4.90 Å². The fraction of sp³-hybridized carbons (Fsp3) is 0.138. The molecule has 0 unspecified atom stereocenters. The largest absolute Gasteiger partial charge is 0.332 e. The minimum absolute atomic E-state index is 0.0684. The van der Waals surface area contributed by atoms with Crippen LogP contribution in [0.4, 0.5) is 5.69 Å². The van der Waals surface area contributed by atoms with E-state index in [0.717, 1.165) is 16.7 Å². The smallest absolute Gasteiger partial charge is 0.264 e. The van der Waals surface area contributed by atoms with Crippen molar-refractivity contribution < 1.29 is 13.2 Å². The molecule has 36 heavy (non-hydrogen) atoms. The van der Waals surface area contributed by atoms with E-state index < -0.39 is 10.0 Å². The number of carbonyl (C=O) groups excluding carboxylic acids is 1. The highest BCUT2D eigenvalue weighted by Gasteiger charge is 2.29. The number of nitrogens with zero attached hydrogens (tertiary/aromatic N) is 2. The standard InChI is InChI=1S/C29H27ClN2O3S/c1-23-9-8-14-27(19-23)32(36(34,35)28-17-15-26(30)16-18-28)22-29(33)31(20-24-10-4-2-5-11-24)21-25-12-6-3-7-13-25/h2-19H,20-22H2,1H3. The molecule has 0 spiro atoms. The van der Waals surface area contributed by atoms with E-state index >= 15 is 0 Å². The van der Waals surface area contributed by atoms with Crippen molar-refractivity contribution in [2.75, 3.05) is 10.8 Å². The van der Waals surface area contributed by atoms with Gasteiger partial charge in [0.1, 0.15) is 6.54 Å². The first-order valence-corrected chi connectivity index (χ1v) is 13.4. The van der Waals surface area contributed by atoms with Crippen LogP contribution >= 0.6 is 11.6 Å². The molecule has 4 rings (SSSR count). The molecular formula is C29H27ClN2O3S. The van der Waals surface area contributed by atoms with Crippen LogP contribution in [0.5, 0.6) is 0 Å². The summed E-state index contributed by atoms with van der Waals surface area (Å²) in [5, 5.41) is 0.434. The Kier molecular flexibility index (Phi) is 8.08. The van der Waals surface area contributed by atoms with E-state index in [0.29, 0.717) is 23.8 Å². The fourth-order valence-electron chi connectivity index (χ4n) is 3.89. The Morgan fingerprint density at radius 1 is 0.750 bits per heavy atom. The maximum absolute atomic E-state index is 13.8. The molecule has 7 heteroatoms. The van der Waals surface area contributed by atoms with E-state index in [1.54, 1.807) is 23.1 Å². The van der Waals surface area contributed by atoms with Crippen molar-refractivity contribution in [1.82, 2.24) is 4.90 Å². The molecule has 184 valence electrons. The fourth-order valence-corrected chi connectivity index (χ4v) is 5.43. The van der Waals surface area contributed by atoms with Crippen LogP contribution in [0.3, 0.4) is 0 Å². The minimum atomic E-state index is -4.03. The Balaban J connectivity index is 1.70. The molecule has 1 amide bonds. The monoisotopic (exact) mass is 518 g/mol. The zero-order valence-corrected chi connectivity index (χ0v) is 21.5. The highest BCUT2D eigenvalue weighted by molar-refractivity contribution is 7.92. The lowest BCUT2D eigenvalue weighted by Gasteiger charge is -2.29. The van der Waals surface area contributed by atoms with Gasteiger partial charge in [0.25, 0.3) is 10.0 Å².